The third kappa shape index (κ3) is 4.11. The van der Waals surface area contributed by atoms with Gasteiger partial charge >= 0.3 is 0 Å². The van der Waals surface area contributed by atoms with Crippen LogP contribution in [-0.4, -0.2) is 45.1 Å². The summed E-state index contributed by atoms with van der Waals surface area (Å²) in [7, 11) is 0. The molecule has 7 heteroatoms. The Morgan fingerprint density at radius 1 is 1.26 bits per heavy atom. The van der Waals surface area contributed by atoms with Gasteiger partial charge in [-0.05, 0) is 18.0 Å². The van der Waals surface area contributed by atoms with Gasteiger partial charge in [0.05, 0.1) is 0 Å². The van der Waals surface area contributed by atoms with Gasteiger partial charge in [0.1, 0.15) is 0 Å². The van der Waals surface area contributed by atoms with E-state index in [1.54, 1.807) is 0 Å². The van der Waals surface area contributed by atoms with E-state index < -0.39 is 0 Å². The molecule has 2 atom stereocenters. The zero-order valence-electron chi connectivity index (χ0n) is 11.6. The summed E-state index contributed by atoms with van der Waals surface area (Å²) >= 11 is 7.99. The van der Waals surface area contributed by atoms with Crippen molar-refractivity contribution in [2.75, 3.05) is 29.9 Å². The van der Waals surface area contributed by atoms with Crippen molar-refractivity contribution >= 4 is 35.3 Å². The Balaban J connectivity index is 2.16. The second-order valence-electron chi connectivity index (χ2n) is 4.82. The maximum atomic E-state index is 5.99. The Labute approximate surface area is 123 Å². The maximum Gasteiger partial charge on any atom is 0.231 e. The molecule has 2 heterocycles. The highest BCUT2D eigenvalue weighted by molar-refractivity contribution is 8.00. The second kappa shape index (κ2) is 6.61. The molecular weight excluding hydrogens is 282 g/mol. The first-order chi connectivity index (χ1) is 9.08. The quantitative estimate of drug-likeness (QED) is 0.923. The topological polar surface area (TPSA) is 53.9 Å². The fourth-order valence-corrected chi connectivity index (χ4v) is 3.62. The number of nitrogens with one attached hydrogen (secondary N) is 1. The fourth-order valence-electron chi connectivity index (χ4n) is 2.14. The van der Waals surface area contributed by atoms with Crippen LogP contribution >= 0.6 is 23.4 Å². The van der Waals surface area contributed by atoms with Crippen LogP contribution in [-0.2, 0) is 0 Å². The average molecular weight is 302 g/mol. The molecule has 1 aliphatic rings. The van der Waals surface area contributed by atoms with Crippen LogP contribution in [0, 0.1) is 0 Å². The normalized spacial score (nSPS) is 23.5. The van der Waals surface area contributed by atoms with Crippen LogP contribution < -0.4 is 10.2 Å². The third-order valence-electron chi connectivity index (χ3n) is 2.83. The first-order valence-corrected chi connectivity index (χ1v) is 7.96. The molecule has 2 rings (SSSR count). The number of halogens is 1. The van der Waals surface area contributed by atoms with Gasteiger partial charge in [-0.1, -0.05) is 20.8 Å². The van der Waals surface area contributed by atoms with Gasteiger partial charge in [-0.3, -0.25) is 0 Å². The summed E-state index contributed by atoms with van der Waals surface area (Å²) in [6, 6.07) is 0. The van der Waals surface area contributed by atoms with E-state index in [1.807, 2.05) is 11.8 Å². The van der Waals surface area contributed by atoms with Crippen molar-refractivity contribution in [3.8, 4) is 0 Å². The van der Waals surface area contributed by atoms with Crippen molar-refractivity contribution in [1.82, 2.24) is 15.0 Å². The van der Waals surface area contributed by atoms with Gasteiger partial charge in [0, 0.05) is 30.1 Å². The summed E-state index contributed by atoms with van der Waals surface area (Å²) in [5.41, 5.74) is 0. The lowest BCUT2D eigenvalue weighted by Gasteiger charge is -2.34. The molecule has 5 nitrogen and oxygen atoms in total. The first kappa shape index (κ1) is 14.7. The van der Waals surface area contributed by atoms with Crippen LogP contribution in [0.4, 0.5) is 11.9 Å². The molecule has 1 N–H and O–H groups in total. The highest BCUT2D eigenvalue weighted by Gasteiger charge is 2.24. The molecule has 0 spiro atoms. The molecule has 19 heavy (non-hydrogen) atoms. The maximum absolute atomic E-state index is 5.99. The van der Waals surface area contributed by atoms with Crippen molar-refractivity contribution in [3.63, 3.8) is 0 Å². The molecular formula is C12H20ClN5S. The molecule has 1 aromatic rings. The predicted molar refractivity (Wildman–Crippen MR) is 82.3 cm³/mol. The molecule has 1 saturated heterocycles. The number of anilines is 2. The molecule has 0 radical (unpaired) electrons. The summed E-state index contributed by atoms with van der Waals surface area (Å²) in [6.45, 7) is 9.29. The van der Waals surface area contributed by atoms with Gasteiger partial charge in [0.25, 0.3) is 0 Å². The highest BCUT2D eigenvalue weighted by Crippen LogP contribution is 2.27. The van der Waals surface area contributed by atoms with E-state index in [1.165, 1.54) is 0 Å². The molecule has 0 aromatic carbocycles. The largest absolute Gasteiger partial charge is 0.354 e. The van der Waals surface area contributed by atoms with Crippen molar-refractivity contribution in [2.45, 2.75) is 37.7 Å². The van der Waals surface area contributed by atoms with Crippen LogP contribution in [0.1, 0.15) is 27.2 Å². The standard InChI is InChI=1S/C12H20ClN5S/c1-4-5-14-11-15-10(13)16-12(17-11)18-6-8(2)19-9(3)7-18/h8-9H,4-7H2,1-3H3,(H,14,15,16,17). The predicted octanol–water partition coefficient (Wildman–Crippen LogP) is 2.68. The van der Waals surface area contributed by atoms with Crippen molar-refractivity contribution in [3.05, 3.63) is 5.28 Å². The summed E-state index contributed by atoms with van der Waals surface area (Å²) in [5, 5.41) is 4.56. The summed E-state index contributed by atoms with van der Waals surface area (Å²) in [6.07, 6.45) is 1.02. The molecule has 2 unspecified atom stereocenters. The Morgan fingerprint density at radius 3 is 2.58 bits per heavy atom. The average Bonchev–Trinajstić information content (AvgIpc) is 2.34. The van der Waals surface area contributed by atoms with E-state index >= 15 is 0 Å². The van der Waals surface area contributed by atoms with Crippen molar-refractivity contribution in [1.29, 1.82) is 0 Å². The minimum atomic E-state index is 0.252. The number of rotatable bonds is 4. The van der Waals surface area contributed by atoms with Gasteiger partial charge < -0.3 is 10.2 Å². The van der Waals surface area contributed by atoms with Gasteiger partial charge in [0.2, 0.25) is 17.2 Å². The van der Waals surface area contributed by atoms with Crippen molar-refractivity contribution < 1.29 is 0 Å². The van der Waals surface area contributed by atoms with Crippen LogP contribution in [0.25, 0.3) is 0 Å². The van der Waals surface area contributed by atoms with Gasteiger partial charge in [-0.25, -0.2) is 0 Å². The number of thioether (sulfide) groups is 1. The van der Waals surface area contributed by atoms with Crippen LogP contribution in [0.3, 0.4) is 0 Å². The molecule has 0 bridgehead atoms. The Bertz CT molecular complexity index is 421. The second-order valence-corrected chi connectivity index (χ2v) is 7.04. The molecule has 1 fully saturated rings. The third-order valence-corrected chi connectivity index (χ3v) is 4.23. The molecule has 1 aromatic heterocycles. The molecule has 0 aliphatic carbocycles. The van der Waals surface area contributed by atoms with Gasteiger partial charge in [0.15, 0.2) is 0 Å². The van der Waals surface area contributed by atoms with Gasteiger partial charge in [-0.2, -0.15) is 26.7 Å². The minimum absolute atomic E-state index is 0.252. The van der Waals surface area contributed by atoms with E-state index in [-0.39, 0.29) is 5.28 Å². The van der Waals surface area contributed by atoms with E-state index in [2.05, 4.69) is 45.9 Å². The SMILES string of the molecule is CCCNc1nc(Cl)nc(N2CC(C)SC(C)C2)n1. The van der Waals surface area contributed by atoms with E-state index in [9.17, 15) is 0 Å². The molecule has 1 aliphatic heterocycles. The summed E-state index contributed by atoms with van der Waals surface area (Å²) in [4.78, 5) is 15.0. The highest BCUT2D eigenvalue weighted by atomic mass is 35.5. The monoisotopic (exact) mass is 301 g/mol. The lowest BCUT2D eigenvalue weighted by molar-refractivity contribution is 0.703. The number of nitrogens with zero attached hydrogens (tertiary/aromatic N) is 4. The van der Waals surface area contributed by atoms with E-state index in [0.29, 0.717) is 22.4 Å². The Hall–Kier alpha value is -0.750. The number of hydrogen-bond acceptors (Lipinski definition) is 6. The Kier molecular flexibility index (Phi) is 5.10. The van der Waals surface area contributed by atoms with Crippen molar-refractivity contribution in [2.24, 2.45) is 0 Å². The van der Waals surface area contributed by atoms with E-state index in [0.717, 1.165) is 26.1 Å². The number of aromatic nitrogens is 3. The lowest BCUT2D eigenvalue weighted by Crippen LogP contribution is -2.41. The van der Waals surface area contributed by atoms with Crippen LogP contribution in [0.2, 0.25) is 5.28 Å². The molecule has 0 saturated carbocycles. The van der Waals surface area contributed by atoms with Crippen LogP contribution in [0.15, 0.2) is 0 Å². The molecule has 106 valence electrons. The fraction of sp³-hybridized carbons (Fsp3) is 0.750. The zero-order chi connectivity index (χ0) is 13.8. The summed E-state index contributed by atoms with van der Waals surface area (Å²) in [5.74, 6) is 1.24. The minimum Gasteiger partial charge on any atom is -0.354 e. The lowest BCUT2D eigenvalue weighted by atomic mass is 10.3. The zero-order valence-corrected chi connectivity index (χ0v) is 13.1. The van der Waals surface area contributed by atoms with Crippen LogP contribution in [0.5, 0.6) is 0 Å². The smallest absolute Gasteiger partial charge is 0.231 e. The molecule has 0 amide bonds. The van der Waals surface area contributed by atoms with E-state index in [4.69, 9.17) is 11.6 Å². The number of hydrogen-bond donors (Lipinski definition) is 1. The summed E-state index contributed by atoms with van der Waals surface area (Å²) < 4.78 is 0. The Morgan fingerprint density at radius 2 is 1.95 bits per heavy atom. The van der Waals surface area contributed by atoms with Gasteiger partial charge in [-0.15, -0.1) is 0 Å². The first-order valence-electron chi connectivity index (χ1n) is 6.64.